The number of para-hydroxylation sites is 1. The third-order valence-electron chi connectivity index (χ3n) is 7.52. The summed E-state index contributed by atoms with van der Waals surface area (Å²) in [6, 6.07) is 11.0. The molecule has 1 aromatic carbocycles. The third kappa shape index (κ3) is 6.82. The lowest BCUT2D eigenvalue weighted by Gasteiger charge is -2.40. The fourth-order valence-electron chi connectivity index (χ4n) is 5.59. The summed E-state index contributed by atoms with van der Waals surface area (Å²) in [5.74, 6) is 1.09. The molecule has 0 N–H and O–H groups in total. The molecule has 1 aromatic heterocycles. The lowest BCUT2D eigenvalue weighted by atomic mass is 9.90. The molecule has 1 saturated carbocycles. The summed E-state index contributed by atoms with van der Waals surface area (Å²) in [6.45, 7) is 4.32. The molecule has 2 atom stereocenters. The van der Waals surface area contributed by atoms with Crippen LogP contribution in [0.5, 0.6) is 11.6 Å². The molecule has 4 rings (SSSR count). The van der Waals surface area contributed by atoms with Crippen molar-refractivity contribution in [3.05, 3.63) is 53.7 Å². The highest BCUT2D eigenvalue weighted by Gasteiger charge is 2.35. The van der Waals surface area contributed by atoms with Crippen molar-refractivity contribution >= 4 is 11.8 Å². The number of hydrogen-bond donors (Lipinski definition) is 0. The number of carbonyl (C=O) groups excluding carboxylic acids is 2. The maximum atomic E-state index is 13.9. The molecular weight excluding hydrogens is 466 g/mol. The average molecular weight is 508 g/mol. The van der Waals surface area contributed by atoms with Gasteiger partial charge in [0.1, 0.15) is 11.9 Å². The van der Waals surface area contributed by atoms with E-state index >= 15 is 0 Å². The van der Waals surface area contributed by atoms with Crippen LogP contribution in [0, 0.1) is 0 Å². The molecule has 2 amide bonds. The lowest BCUT2D eigenvalue weighted by molar-refractivity contribution is 0.0270. The van der Waals surface area contributed by atoms with Crippen LogP contribution in [0.15, 0.2) is 42.6 Å². The van der Waals surface area contributed by atoms with Crippen LogP contribution in [0.1, 0.15) is 91.8 Å². The average Bonchev–Trinajstić information content (AvgIpc) is 2.94. The molecule has 0 unspecified atom stereocenters. The van der Waals surface area contributed by atoms with E-state index in [1.54, 1.807) is 25.4 Å². The van der Waals surface area contributed by atoms with Gasteiger partial charge < -0.3 is 19.3 Å². The molecule has 1 aliphatic heterocycles. The van der Waals surface area contributed by atoms with Crippen molar-refractivity contribution in [2.75, 3.05) is 26.7 Å². The minimum absolute atomic E-state index is 0.0102. The summed E-state index contributed by atoms with van der Waals surface area (Å²) < 4.78 is 11.9. The molecular formula is C30H41N3O4. The van der Waals surface area contributed by atoms with Gasteiger partial charge in [-0.1, -0.05) is 44.7 Å². The number of ether oxygens (including phenoxy) is 2. The van der Waals surface area contributed by atoms with Gasteiger partial charge in [0.15, 0.2) is 0 Å². The lowest BCUT2D eigenvalue weighted by Crippen LogP contribution is -2.51. The van der Waals surface area contributed by atoms with E-state index in [1.807, 2.05) is 34.1 Å². The fraction of sp³-hybridized carbons (Fsp3) is 0.567. The minimum Gasteiger partial charge on any atom is -0.487 e. The van der Waals surface area contributed by atoms with Crippen molar-refractivity contribution in [1.29, 1.82) is 0 Å². The number of aromatic nitrogens is 1. The number of rotatable bonds is 4. The molecule has 200 valence electrons. The Hall–Kier alpha value is -3.09. The Labute approximate surface area is 221 Å². The van der Waals surface area contributed by atoms with E-state index < -0.39 is 0 Å². The highest BCUT2D eigenvalue weighted by atomic mass is 16.5. The number of hydrogen-bond acceptors (Lipinski definition) is 5. The summed E-state index contributed by atoms with van der Waals surface area (Å²) in [5.41, 5.74) is 1.20. The number of fused-ring (bicyclic) bond motifs is 2. The highest BCUT2D eigenvalue weighted by Crippen LogP contribution is 2.31. The number of nitrogens with zero attached hydrogens (tertiary/aromatic N) is 3. The first-order valence-electron chi connectivity index (χ1n) is 14.0. The van der Waals surface area contributed by atoms with Crippen LogP contribution in [0.4, 0.5) is 0 Å². The highest BCUT2D eigenvalue weighted by molar-refractivity contribution is 5.97. The Morgan fingerprint density at radius 2 is 1.78 bits per heavy atom. The number of methoxy groups -OCH3 is 1. The molecule has 2 aromatic rings. The molecule has 2 aliphatic rings. The van der Waals surface area contributed by atoms with Crippen LogP contribution in [0.2, 0.25) is 0 Å². The van der Waals surface area contributed by atoms with E-state index in [-0.39, 0.29) is 24.0 Å². The Morgan fingerprint density at radius 1 is 1.03 bits per heavy atom. The zero-order chi connectivity index (χ0) is 26.0. The largest absolute Gasteiger partial charge is 0.487 e. The quantitative estimate of drug-likeness (QED) is 0.528. The summed E-state index contributed by atoms with van der Waals surface area (Å²) >= 11 is 0. The first kappa shape index (κ1) is 27.0. The van der Waals surface area contributed by atoms with Crippen molar-refractivity contribution in [3.8, 4) is 11.6 Å². The second-order valence-corrected chi connectivity index (χ2v) is 10.1. The van der Waals surface area contributed by atoms with Crippen LogP contribution >= 0.6 is 0 Å². The zero-order valence-corrected chi connectivity index (χ0v) is 22.4. The van der Waals surface area contributed by atoms with E-state index in [0.29, 0.717) is 29.3 Å². The molecule has 37 heavy (non-hydrogen) atoms. The van der Waals surface area contributed by atoms with Gasteiger partial charge >= 0.3 is 0 Å². The van der Waals surface area contributed by atoms with E-state index in [4.69, 9.17) is 9.47 Å². The van der Waals surface area contributed by atoms with Crippen molar-refractivity contribution in [3.63, 3.8) is 0 Å². The van der Waals surface area contributed by atoms with Gasteiger partial charge in [0.05, 0.1) is 18.7 Å². The van der Waals surface area contributed by atoms with Crippen LogP contribution in [-0.4, -0.2) is 65.5 Å². The van der Waals surface area contributed by atoms with Gasteiger partial charge in [-0.05, 0) is 56.7 Å². The van der Waals surface area contributed by atoms with Gasteiger partial charge in [0.25, 0.3) is 11.8 Å². The second-order valence-electron chi connectivity index (χ2n) is 10.1. The molecule has 1 fully saturated rings. The SMILES string of the molecule is CCCN1CCCCCCCN(C(=O)c2ccnc(OC)c2)[C@@H]2CCCC[C@@H]2Oc2ccccc2C1=O. The maximum Gasteiger partial charge on any atom is 0.257 e. The van der Waals surface area contributed by atoms with E-state index in [0.717, 1.165) is 77.3 Å². The zero-order valence-electron chi connectivity index (χ0n) is 22.4. The second kappa shape index (κ2) is 13.5. The van der Waals surface area contributed by atoms with Gasteiger partial charge in [0.2, 0.25) is 5.88 Å². The van der Waals surface area contributed by atoms with Gasteiger partial charge in [0, 0.05) is 37.5 Å². The molecule has 2 heterocycles. The van der Waals surface area contributed by atoms with Crippen LogP contribution in [0.3, 0.4) is 0 Å². The summed E-state index contributed by atoms with van der Waals surface area (Å²) in [7, 11) is 1.56. The topological polar surface area (TPSA) is 72.0 Å². The number of carbonyl (C=O) groups is 2. The number of benzene rings is 1. The maximum absolute atomic E-state index is 13.9. The Balaban J connectivity index is 1.67. The van der Waals surface area contributed by atoms with E-state index in [2.05, 4.69) is 11.9 Å². The van der Waals surface area contributed by atoms with Crippen LogP contribution < -0.4 is 9.47 Å². The number of pyridine rings is 1. The fourth-order valence-corrected chi connectivity index (χ4v) is 5.59. The van der Waals surface area contributed by atoms with E-state index in [9.17, 15) is 9.59 Å². The third-order valence-corrected chi connectivity index (χ3v) is 7.52. The monoisotopic (exact) mass is 507 g/mol. The standard InChI is InChI=1S/C30H41N3O4/c1-3-19-32-20-11-5-4-6-12-21-33(29(34)23-17-18-31-28(22-23)36-2)25-14-8-10-16-27(25)37-26-15-9-7-13-24(26)30(32)35/h7,9,13,15,17-18,22,25,27H,3-6,8,10-12,14,16,19-21H2,1-2H3/t25-,27+/m1/s1. The van der Waals surface area contributed by atoms with E-state index in [1.165, 1.54) is 0 Å². The van der Waals surface area contributed by atoms with Gasteiger partial charge in [-0.15, -0.1) is 0 Å². The smallest absolute Gasteiger partial charge is 0.257 e. The van der Waals surface area contributed by atoms with Crippen LogP contribution in [-0.2, 0) is 0 Å². The van der Waals surface area contributed by atoms with Crippen LogP contribution in [0.25, 0.3) is 0 Å². The van der Waals surface area contributed by atoms with Crippen molar-refractivity contribution in [2.24, 2.45) is 0 Å². The summed E-state index contributed by atoms with van der Waals surface area (Å²) in [5, 5.41) is 0. The first-order chi connectivity index (χ1) is 18.1. The van der Waals surface area contributed by atoms with Crippen molar-refractivity contribution in [1.82, 2.24) is 14.8 Å². The Bertz CT molecular complexity index is 1040. The summed E-state index contributed by atoms with van der Waals surface area (Å²) in [6.07, 6.45) is 11.4. The molecule has 0 spiro atoms. The van der Waals surface area contributed by atoms with Gasteiger partial charge in [-0.3, -0.25) is 9.59 Å². The van der Waals surface area contributed by atoms with Gasteiger partial charge in [-0.2, -0.15) is 0 Å². The van der Waals surface area contributed by atoms with Crippen molar-refractivity contribution < 1.29 is 19.1 Å². The molecule has 0 bridgehead atoms. The number of amides is 2. The Kier molecular flexibility index (Phi) is 9.80. The first-order valence-corrected chi connectivity index (χ1v) is 14.0. The molecule has 7 heteroatoms. The predicted octanol–water partition coefficient (Wildman–Crippen LogP) is 5.74. The molecule has 7 nitrogen and oxygen atoms in total. The molecule has 0 saturated heterocycles. The minimum atomic E-state index is -0.167. The summed E-state index contributed by atoms with van der Waals surface area (Å²) in [4.78, 5) is 35.6. The molecule has 1 aliphatic carbocycles. The van der Waals surface area contributed by atoms with Gasteiger partial charge in [-0.25, -0.2) is 4.98 Å². The normalized spacial score (nSPS) is 21.6. The Morgan fingerprint density at radius 3 is 2.59 bits per heavy atom. The predicted molar refractivity (Wildman–Crippen MR) is 144 cm³/mol. The molecule has 0 radical (unpaired) electrons. The van der Waals surface area contributed by atoms with Crippen molar-refractivity contribution in [2.45, 2.75) is 83.3 Å².